The molecule has 0 saturated carbocycles. The second kappa shape index (κ2) is 11.3. The molecule has 0 amide bonds. The summed E-state index contributed by atoms with van der Waals surface area (Å²) in [6.07, 6.45) is 2.34. The summed E-state index contributed by atoms with van der Waals surface area (Å²) in [7, 11) is 0. The van der Waals surface area contributed by atoms with Crippen molar-refractivity contribution in [1.82, 2.24) is 4.90 Å². The van der Waals surface area contributed by atoms with Gasteiger partial charge < -0.3 is 14.6 Å². The second-order valence-electron chi connectivity index (χ2n) is 9.29. The Balaban J connectivity index is 2.78. The van der Waals surface area contributed by atoms with E-state index in [0.717, 1.165) is 12.8 Å². The highest BCUT2D eigenvalue weighted by molar-refractivity contribution is 5.75. The van der Waals surface area contributed by atoms with Crippen molar-refractivity contribution >= 4 is 11.9 Å². The molecule has 0 aliphatic heterocycles. The Bertz CT molecular complexity index is 601. The fraction of sp³-hybridized carbons (Fsp3) is 0.652. The van der Waals surface area contributed by atoms with Crippen LogP contribution in [-0.4, -0.2) is 58.9 Å². The molecule has 0 aromatic heterocycles. The van der Waals surface area contributed by atoms with E-state index in [0.29, 0.717) is 6.42 Å². The third-order valence-corrected chi connectivity index (χ3v) is 4.08. The number of ether oxygens (including phenoxy) is 2. The lowest BCUT2D eigenvalue weighted by Gasteiger charge is -2.31. The maximum atomic E-state index is 12.4. The maximum absolute atomic E-state index is 12.4. The molecule has 0 spiro atoms. The Morgan fingerprint density at radius 2 is 1.41 bits per heavy atom. The molecule has 0 aliphatic rings. The zero-order valence-corrected chi connectivity index (χ0v) is 18.7. The largest absolute Gasteiger partial charge is 0.459 e. The Labute approximate surface area is 175 Å². The summed E-state index contributed by atoms with van der Waals surface area (Å²) in [6, 6.07) is 9.76. The van der Waals surface area contributed by atoms with E-state index in [2.05, 4.69) is 12.1 Å². The van der Waals surface area contributed by atoms with Crippen molar-refractivity contribution in [2.45, 2.75) is 78.0 Å². The molecule has 164 valence electrons. The van der Waals surface area contributed by atoms with Gasteiger partial charge in [-0.25, -0.2) is 0 Å². The lowest BCUT2D eigenvalue weighted by atomic mass is 10.0. The van der Waals surface area contributed by atoms with Gasteiger partial charge in [0.05, 0.1) is 19.7 Å². The van der Waals surface area contributed by atoms with Crippen LogP contribution in [0.15, 0.2) is 30.3 Å². The summed E-state index contributed by atoms with van der Waals surface area (Å²) in [5, 5.41) is 9.94. The number of esters is 2. The summed E-state index contributed by atoms with van der Waals surface area (Å²) >= 11 is 0. The van der Waals surface area contributed by atoms with Gasteiger partial charge in [-0.15, -0.1) is 0 Å². The smallest absolute Gasteiger partial charge is 0.320 e. The van der Waals surface area contributed by atoms with Gasteiger partial charge in [-0.2, -0.15) is 0 Å². The van der Waals surface area contributed by atoms with Crippen molar-refractivity contribution in [1.29, 1.82) is 0 Å². The molecule has 0 heterocycles. The molecule has 29 heavy (non-hydrogen) atoms. The summed E-state index contributed by atoms with van der Waals surface area (Å²) < 4.78 is 10.8. The van der Waals surface area contributed by atoms with E-state index in [1.54, 1.807) is 46.4 Å². The lowest BCUT2D eigenvalue weighted by molar-refractivity contribution is -0.161. The monoisotopic (exact) mass is 407 g/mol. The topological polar surface area (TPSA) is 76.1 Å². The Morgan fingerprint density at radius 3 is 1.83 bits per heavy atom. The molecule has 1 aromatic carbocycles. The molecule has 1 aromatic rings. The highest BCUT2D eigenvalue weighted by Crippen LogP contribution is 2.15. The fourth-order valence-corrected chi connectivity index (χ4v) is 2.97. The molecule has 0 aliphatic carbocycles. The standard InChI is InChI=1S/C23H37NO5/c1-22(2,3)28-20(26)15-24(16-21(27)29-23(4,5)6)19(17-25)14-10-13-18-11-8-7-9-12-18/h7-9,11-12,19,25H,10,13-17H2,1-6H3. The van der Waals surface area contributed by atoms with Crippen molar-refractivity contribution in [2.24, 2.45) is 0 Å². The summed E-state index contributed by atoms with van der Waals surface area (Å²) in [4.78, 5) is 26.4. The molecule has 6 nitrogen and oxygen atoms in total. The van der Waals surface area contributed by atoms with E-state index in [1.165, 1.54) is 5.56 Å². The number of carbonyl (C=O) groups excluding carboxylic acids is 2. The number of benzene rings is 1. The van der Waals surface area contributed by atoms with Gasteiger partial charge in [0.15, 0.2) is 0 Å². The van der Waals surface area contributed by atoms with Crippen LogP contribution in [0, 0.1) is 0 Å². The number of aliphatic hydroxyl groups excluding tert-OH is 1. The van der Waals surface area contributed by atoms with E-state index in [9.17, 15) is 14.7 Å². The number of carbonyl (C=O) groups is 2. The normalized spacial score (nSPS) is 13.2. The van der Waals surface area contributed by atoms with Gasteiger partial charge in [0.25, 0.3) is 0 Å². The first-order chi connectivity index (χ1) is 13.4. The fourth-order valence-electron chi connectivity index (χ4n) is 2.97. The summed E-state index contributed by atoms with van der Waals surface area (Å²) in [5.74, 6) is -0.856. The van der Waals surface area contributed by atoms with Crippen LogP contribution in [0.25, 0.3) is 0 Å². The third kappa shape index (κ3) is 11.6. The third-order valence-electron chi connectivity index (χ3n) is 4.08. The van der Waals surface area contributed by atoms with Gasteiger partial charge in [0, 0.05) is 6.04 Å². The van der Waals surface area contributed by atoms with Gasteiger partial charge in [0.1, 0.15) is 11.2 Å². The van der Waals surface area contributed by atoms with Crippen LogP contribution in [0.3, 0.4) is 0 Å². The van der Waals surface area contributed by atoms with Crippen LogP contribution >= 0.6 is 0 Å². The Hall–Kier alpha value is -1.92. The number of hydrogen-bond donors (Lipinski definition) is 1. The highest BCUT2D eigenvalue weighted by Gasteiger charge is 2.27. The van der Waals surface area contributed by atoms with Crippen LogP contribution in [0.1, 0.15) is 59.9 Å². The van der Waals surface area contributed by atoms with Gasteiger partial charge in [-0.05, 0) is 66.4 Å². The molecule has 1 rings (SSSR count). The molecular formula is C23H37NO5. The first-order valence-electron chi connectivity index (χ1n) is 10.2. The lowest BCUT2D eigenvalue weighted by Crippen LogP contribution is -2.46. The predicted octanol–water partition coefficient (Wildman–Crippen LogP) is 3.36. The highest BCUT2D eigenvalue weighted by atomic mass is 16.6. The quantitative estimate of drug-likeness (QED) is 0.600. The van der Waals surface area contributed by atoms with Crippen LogP contribution in [0.5, 0.6) is 0 Å². The Kier molecular flexibility index (Phi) is 9.80. The van der Waals surface area contributed by atoms with E-state index < -0.39 is 23.1 Å². The molecule has 6 heteroatoms. The van der Waals surface area contributed by atoms with E-state index in [1.807, 2.05) is 18.2 Å². The molecule has 0 fully saturated rings. The van der Waals surface area contributed by atoms with Crippen molar-refractivity contribution in [3.05, 3.63) is 35.9 Å². The molecule has 0 radical (unpaired) electrons. The minimum atomic E-state index is -0.614. The van der Waals surface area contributed by atoms with Crippen molar-refractivity contribution in [2.75, 3.05) is 19.7 Å². The van der Waals surface area contributed by atoms with E-state index in [-0.39, 0.29) is 25.7 Å². The number of rotatable bonds is 10. The van der Waals surface area contributed by atoms with Crippen molar-refractivity contribution < 1.29 is 24.2 Å². The second-order valence-corrected chi connectivity index (χ2v) is 9.29. The van der Waals surface area contributed by atoms with E-state index in [4.69, 9.17) is 9.47 Å². The molecule has 1 unspecified atom stereocenters. The summed E-state index contributed by atoms with van der Waals surface area (Å²) in [5.41, 5.74) is -0.0112. The first kappa shape index (κ1) is 25.1. The predicted molar refractivity (Wildman–Crippen MR) is 114 cm³/mol. The van der Waals surface area contributed by atoms with E-state index >= 15 is 0 Å². The molecule has 0 saturated heterocycles. The van der Waals surface area contributed by atoms with Gasteiger partial charge >= 0.3 is 11.9 Å². The molecule has 0 bridgehead atoms. The van der Waals surface area contributed by atoms with Crippen LogP contribution in [-0.2, 0) is 25.5 Å². The SMILES string of the molecule is CC(C)(C)OC(=O)CN(CC(=O)OC(C)(C)C)C(CO)CCCc1ccccc1. The zero-order chi connectivity index (χ0) is 22.1. The maximum Gasteiger partial charge on any atom is 0.320 e. The van der Waals surface area contributed by atoms with Gasteiger partial charge in [0.2, 0.25) is 0 Å². The number of nitrogens with zero attached hydrogens (tertiary/aromatic N) is 1. The average molecular weight is 408 g/mol. The number of aliphatic hydroxyl groups is 1. The molecular weight excluding hydrogens is 370 g/mol. The number of aryl methyl sites for hydroxylation is 1. The Morgan fingerprint density at radius 1 is 0.931 bits per heavy atom. The minimum Gasteiger partial charge on any atom is -0.459 e. The van der Waals surface area contributed by atoms with Crippen molar-refractivity contribution in [3.8, 4) is 0 Å². The van der Waals surface area contributed by atoms with Gasteiger partial charge in [-0.1, -0.05) is 30.3 Å². The van der Waals surface area contributed by atoms with Crippen LogP contribution in [0.4, 0.5) is 0 Å². The van der Waals surface area contributed by atoms with Crippen molar-refractivity contribution in [3.63, 3.8) is 0 Å². The summed E-state index contributed by atoms with van der Waals surface area (Å²) in [6.45, 7) is 10.5. The first-order valence-corrected chi connectivity index (χ1v) is 10.2. The van der Waals surface area contributed by atoms with Crippen LogP contribution in [0.2, 0.25) is 0 Å². The number of hydrogen-bond acceptors (Lipinski definition) is 6. The molecule has 1 atom stereocenters. The van der Waals surface area contributed by atoms with Crippen LogP contribution < -0.4 is 0 Å². The minimum absolute atomic E-state index is 0.0763. The van der Waals surface area contributed by atoms with Gasteiger partial charge in [-0.3, -0.25) is 14.5 Å². The average Bonchev–Trinajstić information content (AvgIpc) is 2.55. The molecule has 1 N–H and O–H groups in total. The zero-order valence-electron chi connectivity index (χ0n) is 18.7.